The predicted molar refractivity (Wildman–Crippen MR) is 57.2 cm³/mol. The zero-order valence-corrected chi connectivity index (χ0v) is 8.88. The molecule has 0 aliphatic heterocycles. The van der Waals surface area contributed by atoms with E-state index in [1.807, 2.05) is 0 Å². The van der Waals surface area contributed by atoms with Gasteiger partial charge in [0.05, 0.1) is 21.9 Å². The van der Waals surface area contributed by atoms with Crippen molar-refractivity contribution in [2.75, 3.05) is 0 Å². The third-order valence-corrected chi connectivity index (χ3v) is 2.25. The number of rotatable bonds is 2. The zero-order chi connectivity index (χ0) is 10.8. The second kappa shape index (κ2) is 4.00. The molecule has 0 saturated carbocycles. The fourth-order valence-corrected chi connectivity index (χ4v) is 1.57. The van der Waals surface area contributed by atoms with Gasteiger partial charge in [0.15, 0.2) is 12.1 Å². The lowest BCUT2D eigenvalue weighted by atomic mass is 10.3. The second-order valence-corrected chi connectivity index (χ2v) is 3.63. The zero-order valence-electron chi connectivity index (χ0n) is 7.37. The summed E-state index contributed by atoms with van der Waals surface area (Å²) in [5.41, 5.74) is 0.840. The maximum Gasteiger partial charge on any atom is 0.167 e. The molecule has 0 aliphatic carbocycles. The highest BCUT2D eigenvalue weighted by Crippen LogP contribution is 2.25. The van der Waals surface area contributed by atoms with Crippen molar-refractivity contribution in [2.24, 2.45) is 0 Å². The van der Waals surface area contributed by atoms with E-state index in [1.54, 1.807) is 6.07 Å². The van der Waals surface area contributed by atoms with Gasteiger partial charge in [0.1, 0.15) is 5.69 Å². The van der Waals surface area contributed by atoms with Gasteiger partial charge < -0.3 is 4.98 Å². The number of aromatic nitrogens is 3. The van der Waals surface area contributed by atoms with Crippen LogP contribution in [0, 0.1) is 0 Å². The summed E-state index contributed by atoms with van der Waals surface area (Å²) in [6.07, 6.45) is 3.54. The SMILES string of the molecule is O=Cc1cnc(-c2ncc(Cl)cc2Cl)[nH]1. The van der Waals surface area contributed by atoms with Crippen LogP contribution in [0.2, 0.25) is 10.0 Å². The summed E-state index contributed by atoms with van der Waals surface area (Å²) in [6, 6.07) is 1.56. The molecule has 0 fully saturated rings. The van der Waals surface area contributed by atoms with Crippen LogP contribution in [-0.4, -0.2) is 21.2 Å². The summed E-state index contributed by atoms with van der Waals surface area (Å²) in [5.74, 6) is 0.443. The molecule has 2 aromatic heterocycles. The third kappa shape index (κ3) is 2.00. The van der Waals surface area contributed by atoms with Crippen LogP contribution < -0.4 is 0 Å². The van der Waals surface area contributed by atoms with Crippen molar-refractivity contribution in [3.63, 3.8) is 0 Å². The largest absolute Gasteiger partial charge is 0.334 e. The molecule has 2 aromatic rings. The van der Waals surface area contributed by atoms with E-state index in [-0.39, 0.29) is 0 Å². The summed E-state index contributed by atoms with van der Waals surface area (Å²) in [4.78, 5) is 21.2. The van der Waals surface area contributed by atoms with Crippen molar-refractivity contribution in [1.29, 1.82) is 0 Å². The Morgan fingerprint density at radius 1 is 1.27 bits per heavy atom. The first-order chi connectivity index (χ1) is 7.20. The van der Waals surface area contributed by atoms with Crippen LogP contribution in [0.5, 0.6) is 0 Å². The van der Waals surface area contributed by atoms with E-state index in [0.29, 0.717) is 33.5 Å². The van der Waals surface area contributed by atoms with Gasteiger partial charge in [0.2, 0.25) is 0 Å². The van der Waals surface area contributed by atoms with Crippen LogP contribution >= 0.6 is 23.2 Å². The molecule has 0 unspecified atom stereocenters. The van der Waals surface area contributed by atoms with Gasteiger partial charge in [-0.2, -0.15) is 0 Å². The van der Waals surface area contributed by atoms with E-state index >= 15 is 0 Å². The molecule has 0 radical (unpaired) electrons. The Morgan fingerprint density at radius 3 is 2.67 bits per heavy atom. The Kier molecular flexibility index (Phi) is 2.70. The summed E-state index contributed by atoms with van der Waals surface area (Å²) < 4.78 is 0. The number of halogens is 2. The molecule has 0 spiro atoms. The van der Waals surface area contributed by atoms with E-state index in [0.717, 1.165) is 0 Å². The van der Waals surface area contributed by atoms with Gasteiger partial charge in [-0.1, -0.05) is 23.2 Å². The molecule has 0 aromatic carbocycles. The molecule has 0 amide bonds. The van der Waals surface area contributed by atoms with Gasteiger partial charge in [0.25, 0.3) is 0 Å². The Hall–Kier alpha value is -1.39. The van der Waals surface area contributed by atoms with Crippen LogP contribution in [-0.2, 0) is 0 Å². The van der Waals surface area contributed by atoms with Crippen LogP contribution in [0.3, 0.4) is 0 Å². The minimum atomic E-state index is 0.373. The highest BCUT2D eigenvalue weighted by atomic mass is 35.5. The molecule has 76 valence electrons. The maximum absolute atomic E-state index is 10.4. The summed E-state index contributed by atoms with van der Waals surface area (Å²) in [6.45, 7) is 0. The quantitative estimate of drug-likeness (QED) is 0.823. The van der Waals surface area contributed by atoms with Gasteiger partial charge in [-0.15, -0.1) is 0 Å². The fourth-order valence-electron chi connectivity index (χ4n) is 1.10. The van der Waals surface area contributed by atoms with E-state index in [1.165, 1.54) is 12.4 Å². The minimum Gasteiger partial charge on any atom is -0.334 e. The number of hydrogen-bond acceptors (Lipinski definition) is 3. The predicted octanol–water partition coefficient (Wildman–Crippen LogP) is 2.59. The number of pyridine rings is 1. The number of carbonyl (C=O) groups excluding carboxylic acids is 1. The standard InChI is InChI=1S/C9H5Cl2N3O/c10-5-1-7(11)8(12-2-5)9-13-3-6(4-15)14-9/h1-4H,(H,13,14). The average molecular weight is 242 g/mol. The lowest BCUT2D eigenvalue weighted by Gasteiger charge is -1.99. The number of carbonyl (C=O) groups is 1. The smallest absolute Gasteiger partial charge is 0.167 e. The van der Waals surface area contributed by atoms with Crippen molar-refractivity contribution in [3.05, 3.63) is 34.2 Å². The molecular weight excluding hydrogens is 237 g/mol. The third-order valence-electron chi connectivity index (χ3n) is 1.75. The van der Waals surface area contributed by atoms with Crippen LogP contribution in [0.25, 0.3) is 11.5 Å². The number of H-pyrrole nitrogens is 1. The van der Waals surface area contributed by atoms with Gasteiger partial charge in [-0.3, -0.25) is 4.79 Å². The molecule has 2 rings (SSSR count). The van der Waals surface area contributed by atoms with Gasteiger partial charge in [0, 0.05) is 6.20 Å². The first kappa shape index (κ1) is 10.1. The first-order valence-corrected chi connectivity index (χ1v) is 4.78. The number of aromatic amines is 1. The minimum absolute atomic E-state index is 0.373. The molecular formula is C9H5Cl2N3O. The van der Waals surface area contributed by atoms with Gasteiger partial charge in [-0.25, -0.2) is 9.97 Å². The highest BCUT2D eigenvalue weighted by molar-refractivity contribution is 6.35. The van der Waals surface area contributed by atoms with E-state index < -0.39 is 0 Å². The molecule has 0 saturated heterocycles. The summed E-state index contributed by atoms with van der Waals surface area (Å²) in [7, 11) is 0. The number of nitrogens with zero attached hydrogens (tertiary/aromatic N) is 2. The average Bonchev–Trinajstić information content (AvgIpc) is 2.66. The summed E-state index contributed by atoms with van der Waals surface area (Å²) in [5, 5.41) is 0.834. The normalized spacial score (nSPS) is 10.3. The number of aldehydes is 1. The topological polar surface area (TPSA) is 58.6 Å². The Labute approximate surface area is 95.3 Å². The molecule has 6 heteroatoms. The lowest BCUT2D eigenvalue weighted by Crippen LogP contribution is -1.87. The second-order valence-electron chi connectivity index (χ2n) is 2.79. The molecule has 0 aliphatic rings. The number of imidazole rings is 1. The van der Waals surface area contributed by atoms with Gasteiger partial charge in [-0.05, 0) is 6.07 Å². The number of nitrogens with one attached hydrogen (secondary N) is 1. The van der Waals surface area contributed by atoms with Crippen molar-refractivity contribution in [1.82, 2.24) is 15.0 Å². The molecule has 0 bridgehead atoms. The molecule has 2 heterocycles. The van der Waals surface area contributed by atoms with Gasteiger partial charge >= 0.3 is 0 Å². The van der Waals surface area contributed by atoms with Crippen LogP contribution in [0.4, 0.5) is 0 Å². The monoisotopic (exact) mass is 241 g/mol. The summed E-state index contributed by atoms with van der Waals surface area (Å²) >= 11 is 11.6. The van der Waals surface area contributed by atoms with Crippen molar-refractivity contribution >= 4 is 29.5 Å². The first-order valence-electron chi connectivity index (χ1n) is 4.02. The van der Waals surface area contributed by atoms with E-state index in [2.05, 4.69) is 15.0 Å². The van der Waals surface area contributed by atoms with Crippen LogP contribution in [0.1, 0.15) is 10.5 Å². The molecule has 4 nitrogen and oxygen atoms in total. The maximum atomic E-state index is 10.4. The van der Waals surface area contributed by atoms with E-state index in [9.17, 15) is 4.79 Å². The Morgan fingerprint density at radius 2 is 2.07 bits per heavy atom. The number of hydrogen-bond donors (Lipinski definition) is 1. The van der Waals surface area contributed by atoms with Crippen molar-refractivity contribution in [2.45, 2.75) is 0 Å². The molecule has 15 heavy (non-hydrogen) atoms. The molecule has 1 N–H and O–H groups in total. The fraction of sp³-hybridized carbons (Fsp3) is 0. The molecule has 0 atom stereocenters. The van der Waals surface area contributed by atoms with Crippen molar-refractivity contribution in [3.8, 4) is 11.5 Å². The van der Waals surface area contributed by atoms with Crippen molar-refractivity contribution < 1.29 is 4.79 Å². The Balaban J connectivity index is 2.49. The van der Waals surface area contributed by atoms with Crippen LogP contribution in [0.15, 0.2) is 18.5 Å². The lowest BCUT2D eigenvalue weighted by molar-refractivity contribution is 0.111. The van der Waals surface area contributed by atoms with E-state index in [4.69, 9.17) is 23.2 Å². The Bertz CT molecular complexity index is 510. The highest BCUT2D eigenvalue weighted by Gasteiger charge is 2.09.